The molecule has 4 heteroatoms. The number of anilines is 2. The second-order valence-corrected chi connectivity index (χ2v) is 5.36. The van der Waals surface area contributed by atoms with E-state index in [1.807, 2.05) is 19.1 Å². The number of nitrogens with one attached hydrogen (secondary N) is 1. The number of nitrogens with zero attached hydrogens (tertiary/aromatic N) is 1. The Morgan fingerprint density at radius 1 is 1.28 bits per heavy atom. The maximum Gasteiger partial charge on any atom is 0.126 e. The van der Waals surface area contributed by atoms with E-state index < -0.39 is 5.60 Å². The predicted octanol–water partition coefficient (Wildman–Crippen LogP) is 2.47. The molecule has 0 aliphatic heterocycles. The van der Waals surface area contributed by atoms with Gasteiger partial charge in [-0.1, -0.05) is 25.7 Å². The lowest BCUT2D eigenvalue weighted by molar-refractivity contribution is 0.0380. The van der Waals surface area contributed by atoms with Gasteiger partial charge in [0.2, 0.25) is 0 Å². The quantitative estimate of drug-likeness (QED) is 0.720. The van der Waals surface area contributed by atoms with Crippen molar-refractivity contribution >= 4 is 11.5 Å². The van der Waals surface area contributed by atoms with Gasteiger partial charge < -0.3 is 16.2 Å². The van der Waals surface area contributed by atoms with E-state index in [9.17, 15) is 5.11 Å². The van der Waals surface area contributed by atoms with Gasteiger partial charge in [0.25, 0.3) is 0 Å². The summed E-state index contributed by atoms with van der Waals surface area (Å²) in [5, 5.41) is 13.8. The fraction of sp³-hybridized carbons (Fsp3) is 0.643. The van der Waals surface area contributed by atoms with Crippen molar-refractivity contribution in [2.45, 2.75) is 51.0 Å². The summed E-state index contributed by atoms with van der Waals surface area (Å²) in [4.78, 5) is 4.36. The van der Waals surface area contributed by atoms with Crippen molar-refractivity contribution in [3.63, 3.8) is 0 Å². The number of aromatic nitrogens is 1. The van der Waals surface area contributed by atoms with E-state index in [0.29, 0.717) is 12.2 Å². The van der Waals surface area contributed by atoms with Gasteiger partial charge in [-0.05, 0) is 31.9 Å². The Labute approximate surface area is 109 Å². The Morgan fingerprint density at radius 2 is 1.94 bits per heavy atom. The molecule has 18 heavy (non-hydrogen) atoms. The molecule has 1 heterocycles. The third-order valence-electron chi connectivity index (χ3n) is 3.76. The summed E-state index contributed by atoms with van der Waals surface area (Å²) in [6, 6.07) is 3.71. The van der Waals surface area contributed by atoms with Gasteiger partial charge in [-0.2, -0.15) is 0 Å². The molecule has 1 fully saturated rings. The molecule has 0 aromatic carbocycles. The van der Waals surface area contributed by atoms with Crippen LogP contribution in [0.1, 0.15) is 44.2 Å². The van der Waals surface area contributed by atoms with Crippen molar-refractivity contribution in [1.29, 1.82) is 0 Å². The van der Waals surface area contributed by atoms with Gasteiger partial charge in [-0.3, -0.25) is 0 Å². The zero-order valence-electron chi connectivity index (χ0n) is 11.1. The van der Waals surface area contributed by atoms with Crippen LogP contribution in [-0.2, 0) is 0 Å². The van der Waals surface area contributed by atoms with Gasteiger partial charge in [0.1, 0.15) is 5.82 Å². The maximum absolute atomic E-state index is 10.5. The summed E-state index contributed by atoms with van der Waals surface area (Å²) in [5.74, 6) is 0.791. The van der Waals surface area contributed by atoms with Crippen LogP contribution in [0.3, 0.4) is 0 Å². The van der Waals surface area contributed by atoms with Crippen LogP contribution in [0.5, 0.6) is 0 Å². The van der Waals surface area contributed by atoms with E-state index in [1.165, 1.54) is 12.8 Å². The van der Waals surface area contributed by atoms with Crippen LogP contribution in [0.2, 0.25) is 0 Å². The number of hydrogen-bond donors (Lipinski definition) is 3. The fourth-order valence-corrected chi connectivity index (χ4v) is 2.49. The largest absolute Gasteiger partial charge is 0.397 e. The van der Waals surface area contributed by atoms with Gasteiger partial charge in [0.05, 0.1) is 17.0 Å². The molecule has 0 spiro atoms. The van der Waals surface area contributed by atoms with Crippen molar-refractivity contribution in [2.75, 3.05) is 17.6 Å². The molecule has 0 radical (unpaired) electrons. The number of pyridine rings is 1. The maximum atomic E-state index is 10.5. The summed E-state index contributed by atoms with van der Waals surface area (Å²) in [6.07, 6.45) is 6.48. The van der Waals surface area contributed by atoms with Crippen LogP contribution in [0.25, 0.3) is 0 Å². The average Bonchev–Trinajstić information content (AvgIpc) is 2.56. The second-order valence-electron chi connectivity index (χ2n) is 5.36. The first kappa shape index (κ1) is 13.1. The minimum Gasteiger partial charge on any atom is -0.397 e. The topological polar surface area (TPSA) is 71.2 Å². The van der Waals surface area contributed by atoms with Crippen molar-refractivity contribution in [1.82, 2.24) is 4.98 Å². The number of nitrogens with two attached hydrogens (primary N) is 1. The highest BCUT2D eigenvalue weighted by atomic mass is 16.3. The Hall–Kier alpha value is -1.29. The van der Waals surface area contributed by atoms with Crippen molar-refractivity contribution in [2.24, 2.45) is 0 Å². The number of aryl methyl sites for hydroxylation is 1. The van der Waals surface area contributed by atoms with E-state index in [0.717, 1.165) is 37.2 Å². The Morgan fingerprint density at radius 3 is 2.56 bits per heavy atom. The van der Waals surface area contributed by atoms with Crippen LogP contribution in [-0.4, -0.2) is 22.2 Å². The average molecular weight is 249 g/mol. The zero-order valence-corrected chi connectivity index (χ0v) is 11.1. The summed E-state index contributed by atoms with van der Waals surface area (Å²) in [7, 11) is 0. The Kier molecular flexibility index (Phi) is 4.07. The van der Waals surface area contributed by atoms with Gasteiger partial charge in [-0.25, -0.2) is 4.98 Å². The van der Waals surface area contributed by atoms with Crippen LogP contribution >= 0.6 is 0 Å². The number of hydrogen-bond acceptors (Lipinski definition) is 4. The SMILES string of the molecule is Cc1nc(NCC2(O)CCCCCC2)ccc1N. The molecule has 4 nitrogen and oxygen atoms in total. The number of rotatable bonds is 3. The molecule has 0 saturated heterocycles. The standard InChI is InChI=1S/C14H23N3O/c1-11-12(15)6-7-13(17-11)16-10-14(18)8-4-2-3-5-9-14/h6-7,18H,2-5,8-10,15H2,1H3,(H,16,17). The number of aliphatic hydroxyl groups is 1. The fourth-order valence-electron chi connectivity index (χ4n) is 2.49. The van der Waals surface area contributed by atoms with Gasteiger partial charge in [-0.15, -0.1) is 0 Å². The molecule has 0 atom stereocenters. The Balaban J connectivity index is 1.95. The molecule has 0 bridgehead atoms. The van der Waals surface area contributed by atoms with Gasteiger partial charge in [0, 0.05) is 6.54 Å². The van der Waals surface area contributed by atoms with Crippen LogP contribution in [0.4, 0.5) is 11.5 Å². The van der Waals surface area contributed by atoms with Crippen molar-refractivity contribution < 1.29 is 5.11 Å². The first-order valence-corrected chi connectivity index (χ1v) is 6.78. The van der Waals surface area contributed by atoms with Gasteiger partial charge in [0.15, 0.2) is 0 Å². The normalized spacial score (nSPS) is 19.2. The van der Waals surface area contributed by atoms with E-state index in [-0.39, 0.29) is 0 Å². The van der Waals surface area contributed by atoms with E-state index in [4.69, 9.17) is 5.73 Å². The molecule has 0 unspecified atom stereocenters. The number of nitrogen functional groups attached to an aromatic ring is 1. The minimum absolute atomic E-state index is 0.573. The van der Waals surface area contributed by atoms with E-state index >= 15 is 0 Å². The molecular weight excluding hydrogens is 226 g/mol. The first-order valence-electron chi connectivity index (χ1n) is 6.78. The smallest absolute Gasteiger partial charge is 0.126 e. The molecule has 0 amide bonds. The molecule has 1 aliphatic rings. The van der Waals surface area contributed by atoms with Crippen molar-refractivity contribution in [3.05, 3.63) is 17.8 Å². The summed E-state index contributed by atoms with van der Waals surface area (Å²) in [5.41, 5.74) is 6.69. The molecule has 1 aromatic rings. The molecular formula is C14H23N3O. The second kappa shape index (κ2) is 5.57. The Bertz CT molecular complexity index is 398. The summed E-state index contributed by atoms with van der Waals surface area (Å²) >= 11 is 0. The molecule has 1 saturated carbocycles. The molecule has 2 rings (SSSR count). The van der Waals surface area contributed by atoms with Crippen LogP contribution in [0.15, 0.2) is 12.1 Å². The van der Waals surface area contributed by atoms with Crippen LogP contribution < -0.4 is 11.1 Å². The lowest BCUT2D eigenvalue weighted by atomic mass is 9.94. The highest BCUT2D eigenvalue weighted by Gasteiger charge is 2.27. The summed E-state index contributed by atoms with van der Waals surface area (Å²) in [6.45, 7) is 2.46. The zero-order chi connectivity index (χ0) is 13.0. The van der Waals surface area contributed by atoms with E-state index in [2.05, 4.69) is 10.3 Å². The highest BCUT2D eigenvalue weighted by Crippen LogP contribution is 2.27. The predicted molar refractivity (Wildman–Crippen MR) is 74.5 cm³/mol. The monoisotopic (exact) mass is 249 g/mol. The lowest BCUT2D eigenvalue weighted by Crippen LogP contribution is -2.36. The van der Waals surface area contributed by atoms with E-state index in [1.54, 1.807) is 0 Å². The molecule has 1 aromatic heterocycles. The third kappa shape index (κ3) is 3.35. The third-order valence-corrected chi connectivity index (χ3v) is 3.76. The molecule has 1 aliphatic carbocycles. The van der Waals surface area contributed by atoms with Gasteiger partial charge >= 0.3 is 0 Å². The summed E-state index contributed by atoms with van der Waals surface area (Å²) < 4.78 is 0. The molecule has 4 N–H and O–H groups in total. The molecule has 100 valence electrons. The highest BCUT2D eigenvalue weighted by molar-refractivity contribution is 5.49. The lowest BCUT2D eigenvalue weighted by Gasteiger charge is -2.27. The first-order chi connectivity index (χ1) is 8.59. The minimum atomic E-state index is -0.576. The van der Waals surface area contributed by atoms with Crippen molar-refractivity contribution in [3.8, 4) is 0 Å². The van der Waals surface area contributed by atoms with Crippen LogP contribution in [0, 0.1) is 6.92 Å².